The SMILES string of the molecule is CCCCCCCCCCC(CCCCCCCC)COc1ccc(C=C2c3cc(Br)ccc3-c3ccc(Br)cc32)c(Cl)c1. The molecule has 4 rings (SSSR count). The van der Waals surface area contributed by atoms with Crippen molar-refractivity contribution >= 4 is 55.1 Å². The van der Waals surface area contributed by atoms with Crippen LogP contribution in [0.5, 0.6) is 5.75 Å². The van der Waals surface area contributed by atoms with E-state index in [0.29, 0.717) is 5.92 Å². The van der Waals surface area contributed by atoms with Gasteiger partial charge in [0.15, 0.2) is 0 Å². The topological polar surface area (TPSA) is 9.23 Å². The molecule has 4 heteroatoms. The molecule has 1 aliphatic carbocycles. The molecule has 1 unspecified atom stereocenters. The van der Waals surface area contributed by atoms with Crippen molar-refractivity contribution < 1.29 is 4.74 Å². The van der Waals surface area contributed by atoms with Gasteiger partial charge in [-0.05, 0) is 101 Å². The van der Waals surface area contributed by atoms with Crippen LogP contribution >= 0.6 is 43.5 Å². The standard InChI is InChI=1S/C40H51Br2ClO/c1-3-5-7-9-11-12-14-16-18-30(17-15-13-10-8-6-4-2)29-44-34-22-19-31(40(43)28-34)25-37-38-26-32(41)20-23-35(38)36-24-21-33(42)27-39(36)37/h19-28,30H,3-18,29H2,1-2H3. The Kier molecular flexibility index (Phi) is 15.4. The third-order valence-electron chi connectivity index (χ3n) is 9.02. The summed E-state index contributed by atoms with van der Waals surface area (Å²) in [6.45, 7) is 5.36. The van der Waals surface area contributed by atoms with E-state index in [9.17, 15) is 0 Å². The van der Waals surface area contributed by atoms with Gasteiger partial charge in [0.2, 0.25) is 0 Å². The minimum atomic E-state index is 0.616. The summed E-state index contributed by atoms with van der Waals surface area (Å²) in [6, 6.07) is 19.2. The molecule has 0 spiro atoms. The second-order valence-corrected chi connectivity index (χ2v) is 14.9. The summed E-state index contributed by atoms with van der Waals surface area (Å²) >= 11 is 14.3. The molecule has 0 saturated carbocycles. The van der Waals surface area contributed by atoms with Crippen molar-refractivity contribution in [3.8, 4) is 16.9 Å². The molecule has 0 fully saturated rings. The third-order valence-corrected chi connectivity index (χ3v) is 10.3. The highest BCUT2D eigenvalue weighted by molar-refractivity contribution is 9.10. The lowest BCUT2D eigenvalue weighted by Crippen LogP contribution is -2.12. The van der Waals surface area contributed by atoms with Gasteiger partial charge in [-0.25, -0.2) is 0 Å². The van der Waals surface area contributed by atoms with Gasteiger partial charge >= 0.3 is 0 Å². The number of hydrogen-bond acceptors (Lipinski definition) is 1. The van der Waals surface area contributed by atoms with Gasteiger partial charge in [0, 0.05) is 8.95 Å². The minimum absolute atomic E-state index is 0.616. The van der Waals surface area contributed by atoms with Gasteiger partial charge in [-0.2, -0.15) is 0 Å². The predicted molar refractivity (Wildman–Crippen MR) is 200 cm³/mol. The number of fused-ring (bicyclic) bond motifs is 3. The van der Waals surface area contributed by atoms with E-state index in [0.717, 1.165) is 31.9 Å². The molecule has 0 saturated heterocycles. The van der Waals surface area contributed by atoms with E-state index in [2.05, 4.69) is 100 Å². The average molecular weight is 743 g/mol. The van der Waals surface area contributed by atoms with Gasteiger partial charge < -0.3 is 4.74 Å². The van der Waals surface area contributed by atoms with Gasteiger partial charge in [0.05, 0.1) is 11.6 Å². The first-order chi connectivity index (χ1) is 21.5. The Morgan fingerprint density at radius 2 is 1.11 bits per heavy atom. The molecule has 0 aromatic heterocycles. The second kappa shape index (κ2) is 19.2. The van der Waals surface area contributed by atoms with Crippen LogP contribution < -0.4 is 4.74 Å². The molecule has 3 aromatic carbocycles. The molecule has 0 radical (unpaired) electrons. The zero-order valence-corrected chi connectivity index (χ0v) is 30.8. The lowest BCUT2D eigenvalue weighted by atomic mass is 9.94. The van der Waals surface area contributed by atoms with Gasteiger partial charge in [-0.3, -0.25) is 0 Å². The summed E-state index contributed by atoms with van der Waals surface area (Å²) in [5.74, 6) is 1.49. The Morgan fingerprint density at radius 1 is 0.614 bits per heavy atom. The molecule has 1 nitrogen and oxygen atoms in total. The van der Waals surface area contributed by atoms with Crippen LogP contribution in [0.3, 0.4) is 0 Å². The van der Waals surface area contributed by atoms with Crippen LogP contribution in [0.15, 0.2) is 63.5 Å². The maximum absolute atomic E-state index is 6.90. The van der Waals surface area contributed by atoms with Crippen molar-refractivity contribution in [1.29, 1.82) is 0 Å². The van der Waals surface area contributed by atoms with E-state index in [1.165, 1.54) is 131 Å². The number of halogens is 3. The Labute approximate surface area is 289 Å². The van der Waals surface area contributed by atoms with E-state index < -0.39 is 0 Å². The lowest BCUT2D eigenvalue weighted by molar-refractivity contribution is 0.224. The highest BCUT2D eigenvalue weighted by Crippen LogP contribution is 2.47. The molecule has 0 N–H and O–H groups in total. The molecule has 1 aliphatic rings. The number of unbranched alkanes of at least 4 members (excludes halogenated alkanes) is 12. The van der Waals surface area contributed by atoms with Crippen molar-refractivity contribution in [1.82, 2.24) is 0 Å². The maximum Gasteiger partial charge on any atom is 0.120 e. The van der Waals surface area contributed by atoms with Crippen molar-refractivity contribution in [3.05, 3.63) is 85.3 Å². The van der Waals surface area contributed by atoms with Gasteiger partial charge in [-0.1, -0.05) is 159 Å². The predicted octanol–water partition coefficient (Wildman–Crippen LogP) is 14.7. The van der Waals surface area contributed by atoms with Crippen molar-refractivity contribution in [2.45, 2.75) is 117 Å². The summed E-state index contributed by atoms with van der Waals surface area (Å²) in [4.78, 5) is 0. The summed E-state index contributed by atoms with van der Waals surface area (Å²) in [5.41, 5.74) is 7.16. The van der Waals surface area contributed by atoms with Crippen LogP contribution in [0.25, 0.3) is 22.8 Å². The molecular formula is C40H51Br2ClO. The quantitative estimate of drug-likeness (QED) is 0.0820. The zero-order chi connectivity index (χ0) is 31.1. The van der Waals surface area contributed by atoms with Crippen molar-refractivity contribution in [2.75, 3.05) is 6.61 Å². The molecule has 1 atom stereocenters. The number of rotatable bonds is 20. The Morgan fingerprint density at radius 3 is 1.61 bits per heavy atom. The van der Waals surface area contributed by atoms with Gasteiger partial charge in [0.1, 0.15) is 5.75 Å². The fraction of sp³-hybridized carbons (Fsp3) is 0.500. The number of hydrogen-bond donors (Lipinski definition) is 0. The Bertz CT molecular complexity index is 1290. The van der Waals surface area contributed by atoms with Crippen LogP contribution in [0.4, 0.5) is 0 Å². The minimum Gasteiger partial charge on any atom is -0.493 e. The van der Waals surface area contributed by atoms with Crippen molar-refractivity contribution in [2.24, 2.45) is 5.92 Å². The molecular weight excluding hydrogens is 692 g/mol. The van der Waals surface area contributed by atoms with E-state index >= 15 is 0 Å². The first kappa shape index (κ1) is 35.3. The van der Waals surface area contributed by atoms with Crippen LogP contribution in [-0.4, -0.2) is 6.61 Å². The van der Waals surface area contributed by atoms with E-state index in [1.807, 2.05) is 6.07 Å². The van der Waals surface area contributed by atoms with Crippen LogP contribution in [-0.2, 0) is 0 Å². The largest absolute Gasteiger partial charge is 0.493 e. The number of benzene rings is 3. The van der Waals surface area contributed by atoms with Gasteiger partial charge in [0.25, 0.3) is 0 Å². The summed E-state index contributed by atoms with van der Waals surface area (Å²) < 4.78 is 8.57. The van der Waals surface area contributed by atoms with Crippen LogP contribution in [0, 0.1) is 5.92 Å². The Hall–Kier alpha value is -1.55. The zero-order valence-electron chi connectivity index (χ0n) is 26.9. The van der Waals surface area contributed by atoms with E-state index in [-0.39, 0.29) is 0 Å². The molecule has 0 aliphatic heterocycles. The fourth-order valence-corrected chi connectivity index (χ4v) is 7.37. The van der Waals surface area contributed by atoms with E-state index in [1.54, 1.807) is 0 Å². The van der Waals surface area contributed by atoms with Crippen LogP contribution in [0.1, 0.15) is 133 Å². The van der Waals surface area contributed by atoms with E-state index in [4.69, 9.17) is 16.3 Å². The molecule has 238 valence electrons. The highest BCUT2D eigenvalue weighted by Gasteiger charge is 2.24. The summed E-state index contributed by atoms with van der Waals surface area (Å²) in [7, 11) is 0. The third kappa shape index (κ3) is 10.8. The molecule has 0 heterocycles. The molecule has 3 aromatic rings. The first-order valence-corrected chi connectivity index (χ1v) is 19.2. The molecule has 44 heavy (non-hydrogen) atoms. The molecule has 0 bridgehead atoms. The molecule has 0 amide bonds. The smallest absolute Gasteiger partial charge is 0.120 e. The lowest BCUT2D eigenvalue weighted by Gasteiger charge is -2.18. The maximum atomic E-state index is 6.90. The average Bonchev–Trinajstić information content (AvgIpc) is 3.30. The van der Waals surface area contributed by atoms with Crippen molar-refractivity contribution in [3.63, 3.8) is 0 Å². The normalized spacial score (nSPS) is 12.7. The highest BCUT2D eigenvalue weighted by atomic mass is 79.9. The fourth-order valence-electron chi connectivity index (χ4n) is 6.42. The van der Waals surface area contributed by atoms with Gasteiger partial charge in [-0.15, -0.1) is 0 Å². The summed E-state index contributed by atoms with van der Waals surface area (Å²) in [5, 5.41) is 0.727. The number of ether oxygens (including phenoxy) is 1. The monoisotopic (exact) mass is 740 g/mol. The second-order valence-electron chi connectivity index (χ2n) is 12.6. The first-order valence-electron chi connectivity index (χ1n) is 17.2. The summed E-state index contributed by atoms with van der Waals surface area (Å²) in [6.07, 6.45) is 23.8. The Balaban J connectivity index is 1.38. The van der Waals surface area contributed by atoms with Crippen LogP contribution in [0.2, 0.25) is 5.02 Å².